The molecule has 3 nitrogen and oxygen atoms in total. The zero-order chi connectivity index (χ0) is 8.84. The van der Waals surface area contributed by atoms with Gasteiger partial charge in [0.2, 0.25) is 0 Å². The normalized spacial score (nSPS) is 17.2. The van der Waals surface area contributed by atoms with Crippen molar-refractivity contribution in [2.24, 2.45) is 15.0 Å². The first kappa shape index (κ1) is 6.95. The van der Waals surface area contributed by atoms with Crippen molar-refractivity contribution >= 4 is 11.5 Å². The summed E-state index contributed by atoms with van der Waals surface area (Å²) in [7, 11) is 0. The average Bonchev–Trinajstić information content (AvgIpc) is 2.63. The molecule has 0 N–H and O–H groups in total. The Morgan fingerprint density at radius 1 is 1.15 bits per heavy atom. The summed E-state index contributed by atoms with van der Waals surface area (Å²) < 4.78 is 0. The molecule has 0 saturated heterocycles. The molecule has 0 radical (unpaired) electrons. The van der Waals surface area contributed by atoms with Crippen LogP contribution in [0, 0.1) is 0 Å². The van der Waals surface area contributed by atoms with Crippen LogP contribution >= 0.6 is 0 Å². The van der Waals surface area contributed by atoms with Gasteiger partial charge in [0.25, 0.3) is 0 Å². The third-order valence-electron chi connectivity index (χ3n) is 2.40. The van der Waals surface area contributed by atoms with Crippen LogP contribution in [-0.4, -0.2) is 12.4 Å². The first-order chi connectivity index (χ1) is 6.33. The molecular formula is C10H9N3. The molecule has 2 aliphatic heterocycles. The van der Waals surface area contributed by atoms with Crippen LogP contribution in [0.2, 0.25) is 0 Å². The van der Waals surface area contributed by atoms with Crippen molar-refractivity contribution in [3.63, 3.8) is 0 Å². The summed E-state index contributed by atoms with van der Waals surface area (Å²) in [5.74, 6) is 0.846. The molecule has 0 bridgehead atoms. The summed E-state index contributed by atoms with van der Waals surface area (Å²) in [6.45, 7) is 2.84. The van der Waals surface area contributed by atoms with Crippen LogP contribution in [0.4, 0.5) is 5.69 Å². The number of aliphatic imine (C=N–C) groups is 1. The van der Waals surface area contributed by atoms with Gasteiger partial charge in [-0.25, -0.2) is 9.98 Å². The van der Waals surface area contributed by atoms with E-state index in [0.717, 1.165) is 35.2 Å². The van der Waals surface area contributed by atoms with Gasteiger partial charge in [-0.2, -0.15) is 0 Å². The molecule has 2 heterocycles. The van der Waals surface area contributed by atoms with Crippen molar-refractivity contribution in [2.45, 2.75) is 13.3 Å². The SMILES string of the molecule is CC1=Nc2cc3c(cc2=N1)CCN=3. The van der Waals surface area contributed by atoms with Gasteiger partial charge in [0.05, 0.1) is 16.4 Å². The molecule has 13 heavy (non-hydrogen) atoms. The molecule has 3 heteroatoms. The van der Waals surface area contributed by atoms with Gasteiger partial charge >= 0.3 is 0 Å². The van der Waals surface area contributed by atoms with E-state index in [1.54, 1.807) is 0 Å². The van der Waals surface area contributed by atoms with E-state index in [4.69, 9.17) is 0 Å². The van der Waals surface area contributed by atoms with Crippen LogP contribution in [-0.2, 0) is 6.42 Å². The Hall–Kier alpha value is -1.51. The number of benzene rings is 1. The van der Waals surface area contributed by atoms with Gasteiger partial charge in [0, 0.05) is 6.54 Å². The zero-order valence-electron chi connectivity index (χ0n) is 7.41. The van der Waals surface area contributed by atoms with Crippen molar-refractivity contribution < 1.29 is 0 Å². The van der Waals surface area contributed by atoms with Crippen LogP contribution < -0.4 is 10.7 Å². The third-order valence-corrected chi connectivity index (χ3v) is 2.40. The van der Waals surface area contributed by atoms with Gasteiger partial charge in [0.15, 0.2) is 0 Å². The molecule has 2 aliphatic rings. The van der Waals surface area contributed by atoms with Gasteiger partial charge in [0.1, 0.15) is 5.84 Å². The van der Waals surface area contributed by atoms with Gasteiger partial charge in [-0.3, -0.25) is 4.99 Å². The molecule has 1 aromatic rings. The van der Waals surface area contributed by atoms with Gasteiger partial charge in [-0.1, -0.05) is 0 Å². The van der Waals surface area contributed by atoms with Gasteiger partial charge in [-0.15, -0.1) is 0 Å². The highest BCUT2D eigenvalue weighted by Crippen LogP contribution is 2.10. The zero-order valence-corrected chi connectivity index (χ0v) is 7.41. The Labute approximate surface area is 75.6 Å². The maximum absolute atomic E-state index is 4.39. The van der Waals surface area contributed by atoms with Crippen LogP contribution in [0.15, 0.2) is 27.1 Å². The van der Waals surface area contributed by atoms with Crippen LogP contribution in [0.3, 0.4) is 0 Å². The number of rotatable bonds is 0. The number of amidine groups is 1. The van der Waals surface area contributed by atoms with E-state index >= 15 is 0 Å². The highest BCUT2D eigenvalue weighted by Gasteiger charge is 2.10. The van der Waals surface area contributed by atoms with Crippen LogP contribution in [0.1, 0.15) is 12.5 Å². The third kappa shape index (κ3) is 0.932. The molecule has 0 aliphatic carbocycles. The molecule has 3 rings (SSSR count). The van der Waals surface area contributed by atoms with E-state index < -0.39 is 0 Å². The fourth-order valence-corrected chi connectivity index (χ4v) is 1.81. The minimum absolute atomic E-state index is 0.846. The Morgan fingerprint density at radius 3 is 3.00 bits per heavy atom. The van der Waals surface area contributed by atoms with E-state index in [9.17, 15) is 0 Å². The summed E-state index contributed by atoms with van der Waals surface area (Å²) in [5.41, 5.74) is 2.29. The lowest BCUT2D eigenvalue weighted by Crippen LogP contribution is -2.10. The summed E-state index contributed by atoms with van der Waals surface area (Å²) in [4.78, 5) is 13.0. The number of hydrogen-bond acceptors (Lipinski definition) is 3. The lowest BCUT2D eigenvalue weighted by atomic mass is 10.1. The predicted octanol–water partition coefficient (Wildman–Crippen LogP) is 0.545. The van der Waals surface area contributed by atoms with Crippen molar-refractivity contribution in [2.75, 3.05) is 6.54 Å². The lowest BCUT2D eigenvalue weighted by molar-refractivity contribution is 1.02. The fourth-order valence-electron chi connectivity index (χ4n) is 1.81. The standard InChI is InChI=1S/C10H9N3/c1-6-12-9-4-7-2-3-11-8(7)5-10(9)13-6/h4-5H,2-3H2,1H3. The molecule has 0 saturated carbocycles. The van der Waals surface area contributed by atoms with E-state index in [1.165, 1.54) is 5.56 Å². The van der Waals surface area contributed by atoms with E-state index in [0.29, 0.717) is 0 Å². The summed E-state index contributed by atoms with van der Waals surface area (Å²) in [6, 6.07) is 4.15. The van der Waals surface area contributed by atoms with Crippen molar-refractivity contribution in [1.29, 1.82) is 0 Å². The second kappa shape index (κ2) is 2.25. The first-order valence-corrected chi connectivity index (χ1v) is 4.44. The number of nitrogens with zero attached hydrogens (tertiary/aromatic N) is 3. The molecule has 0 amide bonds. The highest BCUT2D eigenvalue weighted by atomic mass is 15.0. The van der Waals surface area contributed by atoms with E-state index in [-0.39, 0.29) is 0 Å². The molecule has 0 aromatic heterocycles. The van der Waals surface area contributed by atoms with E-state index in [2.05, 4.69) is 21.0 Å². The molecular weight excluding hydrogens is 162 g/mol. The Morgan fingerprint density at radius 2 is 2.08 bits per heavy atom. The molecule has 0 fully saturated rings. The fraction of sp³-hybridized carbons (Fsp3) is 0.300. The second-order valence-electron chi connectivity index (χ2n) is 3.37. The largest absolute Gasteiger partial charge is 0.285 e. The Balaban J connectivity index is 2.38. The summed E-state index contributed by atoms with van der Waals surface area (Å²) >= 11 is 0. The van der Waals surface area contributed by atoms with Crippen molar-refractivity contribution in [1.82, 2.24) is 0 Å². The monoisotopic (exact) mass is 171 g/mol. The smallest absolute Gasteiger partial charge is 0.126 e. The first-order valence-electron chi connectivity index (χ1n) is 4.44. The quantitative estimate of drug-likeness (QED) is 0.546. The highest BCUT2D eigenvalue weighted by molar-refractivity contribution is 5.86. The minimum Gasteiger partial charge on any atom is -0.285 e. The molecule has 0 unspecified atom stereocenters. The molecule has 64 valence electrons. The van der Waals surface area contributed by atoms with Crippen molar-refractivity contribution in [3.05, 3.63) is 28.4 Å². The van der Waals surface area contributed by atoms with Gasteiger partial charge in [-0.05, 0) is 31.0 Å². The maximum atomic E-state index is 4.39. The molecule has 0 spiro atoms. The average molecular weight is 171 g/mol. The van der Waals surface area contributed by atoms with Crippen molar-refractivity contribution in [3.8, 4) is 0 Å². The topological polar surface area (TPSA) is 37.1 Å². The summed E-state index contributed by atoms with van der Waals surface area (Å²) in [6.07, 6.45) is 1.05. The Bertz CT molecular complexity index is 526. The lowest BCUT2D eigenvalue weighted by Gasteiger charge is -1.91. The predicted molar refractivity (Wildman–Crippen MR) is 50.1 cm³/mol. The minimum atomic E-state index is 0.846. The summed E-state index contributed by atoms with van der Waals surface area (Å²) in [5, 5.41) is 2.11. The van der Waals surface area contributed by atoms with Crippen LogP contribution in [0.25, 0.3) is 0 Å². The Kier molecular flexibility index (Phi) is 1.20. The van der Waals surface area contributed by atoms with E-state index in [1.807, 2.05) is 13.0 Å². The van der Waals surface area contributed by atoms with Crippen LogP contribution in [0.5, 0.6) is 0 Å². The number of fused-ring (bicyclic) bond motifs is 2. The second-order valence-corrected chi connectivity index (χ2v) is 3.37. The molecule has 1 aromatic carbocycles. The number of hydrogen-bond donors (Lipinski definition) is 0. The van der Waals surface area contributed by atoms with Gasteiger partial charge < -0.3 is 0 Å². The maximum Gasteiger partial charge on any atom is 0.126 e. The molecule has 0 atom stereocenters.